The monoisotopic (exact) mass is 387 g/mol. The Morgan fingerprint density at radius 2 is 1.79 bits per heavy atom. The number of nitrogens with one attached hydrogen (secondary N) is 2. The van der Waals surface area contributed by atoms with E-state index in [2.05, 4.69) is 27.6 Å². The summed E-state index contributed by atoms with van der Waals surface area (Å²) in [5, 5.41) is 10.2. The molecule has 1 amide bonds. The Kier molecular flexibility index (Phi) is 3.98. The van der Waals surface area contributed by atoms with Gasteiger partial charge in [-0.05, 0) is 29.8 Å². The van der Waals surface area contributed by atoms with Crippen LogP contribution >= 0.6 is 0 Å². The Labute approximate surface area is 165 Å². The van der Waals surface area contributed by atoms with Gasteiger partial charge in [0.1, 0.15) is 11.6 Å². The van der Waals surface area contributed by atoms with Crippen LogP contribution in [-0.2, 0) is 6.42 Å². The van der Waals surface area contributed by atoms with Gasteiger partial charge in [0.25, 0.3) is 5.91 Å². The fourth-order valence-corrected chi connectivity index (χ4v) is 3.69. The van der Waals surface area contributed by atoms with Crippen LogP contribution in [-0.4, -0.2) is 16.1 Å². The maximum absolute atomic E-state index is 13.8. The first-order valence-electron chi connectivity index (χ1n) is 9.12. The Hall–Kier alpha value is -3.80. The second-order valence-corrected chi connectivity index (χ2v) is 6.92. The molecule has 6 heteroatoms. The molecule has 1 heterocycles. The number of aromatic nitrogens is 2. The van der Waals surface area contributed by atoms with E-state index in [9.17, 15) is 13.6 Å². The van der Waals surface area contributed by atoms with Crippen LogP contribution in [0.3, 0.4) is 0 Å². The van der Waals surface area contributed by atoms with Gasteiger partial charge in [0.15, 0.2) is 0 Å². The number of hydrogen-bond donors (Lipinski definition) is 2. The van der Waals surface area contributed by atoms with Crippen molar-refractivity contribution in [2.75, 3.05) is 5.32 Å². The largest absolute Gasteiger partial charge is 0.322 e. The van der Waals surface area contributed by atoms with Gasteiger partial charge < -0.3 is 5.32 Å². The average Bonchev–Trinajstić information content (AvgIpc) is 3.28. The van der Waals surface area contributed by atoms with Gasteiger partial charge in [-0.15, -0.1) is 0 Å². The normalized spacial score (nSPS) is 11.8. The van der Waals surface area contributed by atoms with Crippen molar-refractivity contribution in [2.24, 2.45) is 0 Å². The van der Waals surface area contributed by atoms with Gasteiger partial charge in [-0.3, -0.25) is 9.89 Å². The van der Waals surface area contributed by atoms with Crippen LogP contribution in [0.5, 0.6) is 0 Å². The molecule has 0 fully saturated rings. The summed E-state index contributed by atoms with van der Waals surface area (Å²) >= 11 is 0. The molecule has 3 aromatic carbocycles. The number of hydrogen-bond acceptors (Lipinski definition) is 2. The van der Waals surface area contributed by atoms with E-state index in [1.54, 1.807) is 12.1 Å². The maximum atomic E-state index is 13.8. The van der Waals surface area contributed by atoms with E-state index in [0.717, 1.165) is 41.1 Å². The van der Waals surface area contributed by atoms with Crippen molar-refractivity contribution in [3.63, 3.8) is 0 Å². The topological polar surface area (TPSA) is 57.8 Å². The molecular formula is C23H15F2N3O. The van der Waals surface area contributed by atoms with Crippen LogP contribution in [0.2, 0.25) is 0 Å². The number of carbonyl (C=O) groups excluding carboxylic acids is 1. The minimum atomic E-state index is -0.897. The zero-order valence-corrected chi connectivity index (χ0v) is 15.2. The Morgan fingerprint density at radius 1 is 1.00 bits per heavy atom. The average molecular weight is 387 g/mol. The molecule has 5 rings (SSSR count). The number of carbonyl (C=O) groups is 1. The van der Waals surface area contributed by atoms with Crippen LogP contribution in [0.25, 0.3) is 22.5 Å². The third kappa shape index (κ3) is 2.99. The number of nitrogens with zero attached hydrogens (tertiary/aromatic N) is 1. The van der Waals surface area contributed by atoms with Crippen molar-refractivity contribution < 1.29 is 13.6 Å². The Bertz CT molecular complexity index is 1250. The third-order valence-corrected chi connectivity index (χ3v) is 5.11. The summed E-state index contributed by atoms with van der Waals surface area (Å²) in [6.07, 6.45) is 0.819. The van der Waals surface area contributed by atoms with E-state index in [0.29, 0.717) is 11.8 Å². The van der Waals surface area contributed by atoms with Crippen LogP contribution in [0, 0.1) is 11.6 Å². The molecule has 142 valence electrons. The van der Waals surface area contributed by atoms with Gasteiger partial charge >= 0.3 is 0 Å². The van der Waals surface area contributed by atoms with Crippen molar-refractivity contribution in [1.82, 2.24) is 10.2 Å². The fourth-order valence-electron chi connectivity index (χ4n) is 3.69. The lowest BCUT2D eigenvalue weighted by Crippen LogP contribution is -2.13. The highest BCUT2D eigenvalue weighted by molar-refractivity contribution is 6.04. The number of anilines is 1. The smallest absolute Gasteiger partial charge is 0.258 e. The van der Waals surface area contributed by atoms with Gasteiger partial charge in [-0.1, -0.05) is 36.4 Å². The molecule has 2 N–H and O–H groups in total. The molecule has 1 aliphatic carbocycles. The predicted octanol–water partition coefficient (Wildman–Crippen LogP) is 5.18. The van der Waals surface area contributed by atoms with Gasteiger partial charge in [0, 0.05) is 34.9 Å². The first kappa shape index (κ1) is 17.3. The number of amides is 1. The minimum absolute atomic E-state index is 0.210. The molecule has 0 radical (unpaired) electrons. The van der Waals surface area contributed by atoms with Crippen molar-refractivity contribution in [3.05, 3.63) is 95.1 Å². The van der Waals surface area contributed by atoms with Crippen LogP contribution in [0.1, 0.15) is 21.5 Å². The molecule has 1 aliphatic rings. The summed E-state index contributed by atoms with van der Waals surface area (Å²) in [6.45, 7) is 0. The number of benzene rings is 3. The highest BCUT2D eigenvalue weighted by atomic mass is 19.1. The fraction of sp³-hybridized carbons (Fsp3) is 0.0435. The predicted molar refractivity (Wildman–Crippen MR) is 107 cm³/mol. The molecule has 0 aliphatic heterocycles. The van der Waals surface area contributed by atoms with Crippen molar-refractivity contribution in [3.8, 4) is 22.5 Å². The second kappa shape index (κ2) is 6.67. The van der Waals surface area contributed by atoms with E-state index in [4.69, 9.17) is 0 Å². The van der Waals surface area contributed by atoms with Crippen LogP contribution in [0.4, 0.5) is 14.5 Å². The SMILES string of the molecule is O=C(Nc1ccc(-c2n[nH]c3c2Cc2ccccc2-3)cc1)c1ccc(F)cc1F. The second-order valence-electron chi connectivity index (χ2n) is 6.92. The van der Waals surface area contributed by atoms with Crippen molar-refractivity contribution in [2.45, 2.75) is 6.42 Å². The van der Waals surface area contributed by atoms with Gasteiger partial charge in [0.2, 0.25) is 0 Å². The summed E-state index contributed by atoms with van der Waals surface area (Å²) in [7, 11) is 0. The molecule has 4 nitrogen and oxygen atoms in total. The number of rotatable bonds is 3. The lowest BCUT2D eigenvalue weighted by atomic mass is 10.1. The molecule has 0 saturated carbocycles. The highest BCUT2D eigenvalue weighted by Gasteiger charge is 2.24. The summed E-state index contributed by atoms with van der Waals surface area (Å²) in [5.41, 5.74) is 6.72. The standard InChI is InChI=1S/C23H15F2N3O/c24-15-7-10-18(20(25)12-15)23(29)26-16-8-5-13(6-9-16)21-19-11-14-3-1-2-4-17(14)22(19)28-27-21/h1-10,12H,11H2,(H,26,29)(H,27,28). The van der Waals surface area contributed by atoms with Crippen LogP contribution < -0.4 is 5.32 Å². The van der Waals surface area contributed by atoms with E-state index in [1.165, 1.54) is 11.1 Å². The van der Waals surface area contributed by atoms with Crippen molar-refractivity contribution in [1.29, 1.82) is 0 Å². The summed E-state index contributed by atoms with van der Waals surface area (Å²) < 4.78 is 26.8. The maximum Gasteiger partial charge on any atom is 0.258 e. The summed E-state index contributed by atoms with van der Waals surface area (Å²) in [6, 6.07) is 18.3. The number of halogens is 2. The molecule has 0 atom stereocenters. The Balaban J connectivity index is 1.38. The Morgan fingerprint density at radius 3 is 2.59 bits per heavy atom. The molecule has 29 heavy (non-hydrogen) atoms. The van der Waals surface area contributed by atoms with Gasteiger partial charge in [0.05, 0.1) is 17.0 Å². The van der Waals surface area contributed by atoms with E-state index in [-0.39, 0.29) is 5.56 Å². The van der Waals surface area contributed by atoms with E-state index >= 15 is 0 Å². The number of H-pyrrole nitrogens is 1. The number of aromatic amines is 1. The first-order valence-corrected chi connectivity index (χ1v) is 9.12. The van der Waals surface area contributed by atoms with Crippen molar-refractivity contribution >= 4 is 11.6 Å². The summed E-state index contributed by atoms with van der Waals surface area (Å²) in [4.78, 5) is 12.2. The van der Waals surface area contributed by atoms with Gasteiger partial charge in [-0.2, -0.15) is 5.10 Å². The summed E-state index contributed by atoms with van der Waals surface area (Å²) in [5.74, 6) is -2.26. The molecule has 1 aromatic heterocycles. The van der Waals surface area contributed by atoms with E-state index < -0.39 is 17.5 Å². The third-order valence-electron chi connectivity index (χ3n) is 5.11. The minimum Gasteiger partial charge on any atom is -0.322 e. The van der Waals surface area contributed by atoms with Gasteiger partial charge in [-0.25, -0.2) is 8.78 Å². The quantitative estimate of drug-likeness (QED) is 0.448. The lowest BCUT2D eigenvalue weighted by Gasteiger charge is -2.07. The first-order chi connectivity index (χ1) is 14.1. The van der Waals surface area contributed by atoms with E-state index in [1.807, 2.05) is 24.3 Å². The highest BCUT2D eigenvalue weighted by Crippen LogP contribution is 2.39. The lowest BCUT2D eigenvalue weighted by molar-refractivity contribution is 0.102. The van der Waals surface area contributed by atoms with Crippen LogP contribution in [0.15, 0.2) is 66.7 Å². The molecule has 0 saturated heterocycles. The number of fused-ring (bicyclic) bond motifs is 3. The zero-order chi connectivity index (χ0) is 20.0. The molecule has 0 unspecified atom stereocenters. The molecule has 4 aromatic rings. The zero-order valence-electron chi connectivity index (χ0n) is 15.2. The molecule has 0 spiro atoms. The molecular weight excluding hydrogens is 372 g/mol. The molecule has 0 bridgehead atoms.